The van der Waals surface area contributed by atoms with E-state index in [1.165, 1.54) is 5.57 Å². The van der Waals surface area contributed by atoms with Gasteiger partial charge in [-0.05, 0) is 78.5 Å². The van der Waals surface area contributed by atoms with Gasteiger partial charge in [0.25, 0.3) is 0 Å². The molecule has 2 aliphatic heterocycles. The van der Waals surface area contributed by atoms with E-state index in [1.54, 1.807) is 42.0 Å². The van der Waals surface area contributed by atoms with Gasteiger partial charge in [-0.3, -0.25) is 19.6 Å². The van der Waals surface area contributed by atoms with E-state index in [9.17, 15) is 9.59 Å². The van der Waals surface area contributed by atoms with Gasteiger partial charge in [0.15, 0.2) is 11.6 Å². The number of rotatable bonds is 6. The Morgan fingerprint density at radius 3 is 1.64 bits per heavy atom. The average Bonchev–Trinajstić information content (AvgIpc) is 3.13. The van der Waals surface area contributed by atoms with Gasteiger partial charge in [0.1, 0.15) is 5.88 Å². The molecule has 4 aromatic rings. The Morgan fingerprint density at radius 2 is 1.27 bits per heavy atom. The zero-order chi connectivity index (χ0) is 31.9. The SMILES string of the molecule is C1=C(c2ccc(-c3ncccn3)cn2)CCNC1.O=C(CCl)N1CC=C(c2ccc(-c3ncccn3)cn2)CC1.O=C(Cl)CCl. The highest BCUT2D eigenvalue weighted by Gasteiger charge is 2.17. The normalized spacial score (nSPS) is 14.1. The number of carbonyl (C=O) groups is 2. The fourth-order valence-corrected chi connectivity index (χ4v) is 4.57. The van der Waals surface area contributed by atoms with E-state index < -0.39 is 5.24 Å². The predicted octanol–water partition coefficient (Wildman–Crippen LogP) is 5.30. The van der Waals surface area contributed by atoms with Gasteiger partial charge in [-0.1, -0.05) is 12.2 Å². The minimum atomic E-state index is -0.508. The number of aromatic nitrogens is 6. The van der Waals surface area contributed by atoms with Gasteiger partial charge in [-0.25, -0.2) is 19.9 Å². The second-order valence-electron chi connectivity index (χ2n) is 9.63. The van der Waals surface area contributed by atoms with Crippen molar-refractivity contribution in [2.75, 3.05) is 37.9 Å². The van der Waals surface area contributed by atoms with Gasteiger partial charge in [-0.15, -0.1) is 23.2 Å². The van der Waals surface area contributed by atoms with Gasteiger partial charge in [0, 0.05) is 67.9 Å². The number of nitrogens with one attached hydrogen (secondary N) is 1. The second kappa shape index (κ2) is 18.0. The van der Waals surface area contributed by atoms with Crippen LogP contribution >= 0.6 is 34.8 Å². The molecule has 2 aliphatic rings. The van der Waals surface area contributed by atoms with Crippen LogP contribution in [-0.2, 0) is 9.59 Å². The summed E-state index contributed by atoms with van der Waals surface area (Å²) in [5.74, 6) is 1.30. The summed E-state index contributed by atoms with van der Waals surface area (Å²) in [6.07, 6.45) is 16.6. The Morgan fingerprint density at radius 1 is 0.733 bits per heavy atom. The van der Waals surface area contributed by atoms with E-state index in [0.29, 0.717) is 18.9 Å². The van der Waals surface area contributed by atoms with Gasteiger partial charge in [0.05, 0.1) is 17.3 Å². The van der Waals surface area contributed by atoms with Crippen molar-refractivity contribution >= 4 is 57.1 Å². The number of carbonyl (C=O) groups excluding carboxylic acids is 2. The maximum Gasteiger partial charge on any atom is 0.237 e. The first-order valence-electron chi connectivity index (χ1n) is 14.1. The molecule has 6 heterocycles. The van der Waals surface area contributed by atoms with Crippen LogP contribution in [0, 0.1) is 0 Å². The molecule has 232 valence electrons. The molecule has 0 aliphatic carbocycles. The summed E-state index contributed by atoms with van der Waals surface area (Å²) < 4.78 is 0. The van der Waals surface area contributed by atoms with E-state index in [4.69, 9.17) is 34.8 Å². The molecule has 0 unspecified atom stereocenters. The third kappa shape index (κ3) is 10.5. The van der Waals surface area contributed by atoms with E-state index >= 15 is 0 Å². The molecule has 45 heavy (non-hydrogen) atoms. The smallest absolute Gasteiger partial charge is 0.237 e. The summed E-state index contributed by atoms with van der Waals surface area (Å²) in [5.41, 5.74) is 6.29. The van der Waals surface area contributed by atoms with Gasteiger partial charge < -0.3 is 10.2 Å². The molecular weight excluding hydrogens is 635 g/mol. The van der Waals surface area contributed by atoms with E-state index in [0.717, 1.165) is 59.8 Å². The van der Waals surface area contributed by atoms with Crippen molar-refractivity contribution in [2.45, 2.75) is 12.8 Å². The number of amides is 1. The molecule has 1 amide bonds. The van der Waals surface area contributed by atoms with E-state index in [2.05, 4.69) is 41.3 Å². The number of alkyl halides is 2. The zero-order valence-corrected chi connectivity index (χ0v) is 26.6. The van der Waals surface area contributed by atoms with Crippen LogP contribution < -0.4 is 5.32 Å². The molecule has 0 saturated carbocycles. The van der Waals surface area contributed by atoms with Crippen molar-refractivity contribution in [3.8, 4) is 22.8 Å². The highest BCUT2D eigenvalue weighted by Crippen LogP contribution is 2.23. The van der Waals surface area contributed by atoms with Crippen molar-refractivity contribution < 1.29 is 9.59 Å². The molecule has 13 heteroatoms. The molecule has 0 bridgehead atoms. The fourth-order valence-electron chi connectivity index (χ4n) is 4.40. The largest absolute Gasteiger partial charge is 0.338 e. The fraction of sp³-hybridized carbons (Fsp3) is 0.250. The summed E-state index contributed by atoms with van der Waals surface area (Å²) in [7, 11) is 0. The maximum atomic E-state index is 11.5. The molecule has 0 saturated heterocycles. The molecule has 0 fully saturated rings. The van der Waals surface area contributed by atoms with Crippen LogP contribution in [0.3, 0.4) is 0 Å². The topological polar surface area (TPSA) is 127 Å². The lowest BCUT2D eigenvalue weighted by molar-refractivity contribution is -0.128. The highest BCUT2D eigenvalue weighted by molar-refractivity contribution is 6.67. The summed E-state index contributed by atoms with van der Waals surface area (Å²) >= 11 is 15.1. The lowest BCUT2D eigenvalue weighted by Gasteiger charge is -2.25. The van der Waals surface area contributed by atoms with E-state index in [-0.39, 0.29) is 17.7 Å². The monoisotopic (exact) mass is 664 g/mol. The van der Waals surface area contributed by atoms with Crippen molar-refractivity contribution in [3.05, 3.63) is 97.1 Å². The number of hydrogen-bond donors (Lipinski definition) is 1. The number of hydrogen-bond acceptors (Lipinski definition) is 9. The number of nitrogens with zero attached hydrogens (tertiary/aromatic N) is 7. The third-order valence-corrected chi connectivity index (χ3v) is 7.42. The standard InChI is InChI=1S/C16H15ClN4O.C14H14N4.C2H2Cl2O/c17-10-15(22)21-8-4-12(5-9-21)14-3-2-13(11-20-14)16-18-6-1-7-19-16;1-6-16-14(17-7-1)12-2-3-13(18-10-12)11-4-8-15-9-5-11;3-1-2(4)5/h1-4,6-7,11H,5,8-10H2;1-4,6-7,10,15H,5,8-9H2;1H2. The zero-order valence-electron chi connectivity index (χ0n) is 24.3. The first-order valence-corrected chi connectivity index (χ1v) is 15.6. The average molecular weight is 666 g/mol. The second-order valence-corrected chi connectivity index (χ2v) is 10.6. The summed E-state index contributed by atoms with van der Waals surface area (Å²) in [6, 6.07) is 11.6. The van der Waals surface area contributed by atoms with Crippen molar-refractivity contribution in [3.63, 3.8) is 0 Å². The quantitative estimate of drug-likeness (QED) is 0.216. The van der Waals surface area contributed by atoms with E-state index in [1.807, 2.05) is 42.6 Å². The number of halogens is 3. The van der Waals surface area contributed by atoms with Crippen LogP contribution in [0.25, 0.3) is 33.9 Å². The van der Waals surface area contributed by atoms with Crippen molar-refractivity contribution in [2.24, 2.45) is 0 Å². The predicted molar refractivity (Wildman–Crippen MR) is 177 cm³/mol. The van der Waals surface area contributed by atoms with Crippen molar-refractivity contribution in [1.29, 1.82) is 0 Å². The Hall–Kier alpha value is -4.09. The molecule has 0 atom stereocenters. The first kappa shape index (κ1) is 33.8. The van der Waals surface area contributed by atoms with Crippen LogP contribution in [0.15, 0.2) is 85.7 Å². The summed E-state index contributed by atoms with van der Waals surface area (Å²) in [4.78, 5) is 48.6. The van der Waals surface area contributed by atoms with Gasteiger partial charge >= 0.3 is 0 Å². The maximum absolute atomic E-state index is 11.5. The van der Waals surface area contributed by atoms with Gasteiger partial charge in [-0.2, -0.15) is 0 Å². The lowest BCUT2D eigenvalue weighted by atomic mass is 10.0. The molecule has 1 N–H and O–H groups in total. The van der Waals surface area contributed by atoms with Crippen LogP contribution in [0.5, 0.6) is 0 Å². The van der Waals surface area contributed by atoms with Gasteiger partial charge in [0.2, 0.25) is 11.1 Å². The summed E-state index contributed by atoms with van der Waals surface area (Å²) in [5, 5.41) is 2.79. The molecule has 10 nitrogen and oxygen atoms in total. The minimum absolute atomic E-state index is 0.0264. The summed E-state index contributed by atoms with van der Waals surface area (Å²) in [6.45, 7) is 3.23. The number of pyridine rings is 2. The first-order chi connectivity index (χ1) is 22.0. The molecule has 4 aromatic heterocycles. The Kier molecular flexibility index (Phi) is 13.5. The third-order valence-electron chi connectivity index (χ3n) is 6.68. The van der Waals surface area contributed by atoms with Crippen LogP contribution in [0.4, 0.5) is 0 Å². The van der Waals surface area contributed by atoms with Crippen LogP contribution in [0.2, 0.25) is 0 Å². The van der Waals surface area contributed by atoms with Crippen LogP contribution in [-0.4, -0.2) is 83.9 Å². The molecule has 0 spiro atoms. The minimum Gasteiger partial charge on any atom is -0.338 e. The molecular formula is C32H31Cl3N8O2. The Labute approximate surface area is 276 Å². The Balaban J connectivity index is 0.000000181. The van der Waals surface area contributed by atoms with Crippen molar-refractivity contribution in [1.82, 2.24) is 40.1 Å². The highest BCUT2D eigenvalue weighted by atomic mass is 35.5. The molecule has 6 rings (SSSR count). The molecule has 0 aromatic carbocycles. The Bertz CT molecular complexity index is 1590. The molecule has 0 radical (unpaired) electrons. The van der Waals surface area contributed by atoms with Crippen LogP contribution in [0.1, 0.15) is 24.2 Å². The lowest BCUT2D eigenvalue weighted by Crippen LogP contribution is -2.35.